The fourth-order valence-electron chi connectivity index (χ4n) is 11.0. The number of halogens is 1. The summed E-state index contributed by atoms with van der Waals surface area (Å²) in [5, 5.41) is 7.13. The van der Waals surface area contributed by atoms with Gasteiger partial charge in [0, 0.05) is 66.6 Å². The minimum Gasteiger partial charge on any atom is -0.310 e. The zero-order valence-corrected chi connectivity index (χ0v) is 37.3. The first kappa shape index (κ1) is 39.0. The molecule has 0 radical (unpaired) electrons. The van der Waals surface area contributed by atoms with Crippen LogP contribution in [0.1, 0.15) is 0 Å². The van der Waals surface area contributed by atoms with Crippen LogP contribution >= 0.6 is 0 Å². The van der Waals surface area contributed by atoms with Crippen LogP contribution in [0.4, 0.5) is 38.5 Å². The van der Waals surface area contributed by atoms with Gasteiger partial charge < -0.3 is 18.9 Å². The fraction of sp³-hybridized carbons (Fsp3) is 0. The topological polar surface area (TPSA) is 16.3 Å². The molecule has 0 saturated heterocycles. The van der Waals surface area contributed by atoms with Gasteiger partial charge in [-0.05, 0) is 143 Å². The van der Waals surface area contributed by atoms with Gasteiger partial charge in [-0.3, -0.25) is 0 Å². The van der Waals surface area contributed by atoms with E-state index in [1.165, 1.54) is 50.5 Å². The smallest absolute Gasteiger partial charge is 0.123 e. The average molecular weight is 885 g/mol. The van der Waals surface area contributed by atoms with Gasteiger partial charge in [0.2, 0.25) is 0 Å². The summed E-state index contributed by atoms with van der Waals surface area (Å²) >= 11 is 0. The second-order valence-electron chi connectivity index (χ2n) is 17.9. The van der Waals surface area contributed by atoms with Crippen molar-refractivity contribution >= 4 is 88.5 Å². The summed E-state index contributed by atoms with van der Waals surface area (Å²) in [4.78, 5) is 4.79. The van der Waals surface area contributed by atoms with Crippen molar-refractivity contribution in [1.82, 2.24) is 9.13 Å². The lowest BCUT2D eigenvalue weighted by Gasteiger charge is -2.34. The number of hydrogen-bond donors (Lipinski definition) is 0. The molecule has 0 N–H and O–H groups in total. The van der Waals surface area contributed by atoms with Crippen LogP contribution in [-0.4, -0.2) is 9.13 Å². The molecule has 2 aromatic heterocycles. The van der Waals surface area contributed by atoms with Gasteiger partial charge in [-0.15, -0.1) is 0 Å². The lowest BCUT2D eigenvalue weighted by molar-refractivity contribution is 0.627. The highest BCUT2D eigenvalue weighted by molar-refractivity contribution is 6.15. The van der Waals surface area contributed by atoms with E-state index in [0.29, 0.717) is 0 Å². The van der Waals surface area contributed by atoms with E-state index in [-0.39, 0.29) is 5.82 Å². The molecule has 0 spiro atoms. The summed E-state index contributed by atoms with van der Waals surface area (Å²) in [6.07, 6.45) is 0. The van der Waals surface area contributed by atoms with Gasteiger partial charge in [0.25, 0.3) is 0 Å². The van der Waals surface area contributed by atoms with Crippen LogP contribution in [0.3, 0.4) is 0 Å². The van der Waals surface area contributed by atoms with Gasteiger partial charge in [-0.25, -0.2) is 4.39 Å². The standard InChI is InChI=1S/C64H41FN4/c65-45-28-32-49(33-29-45)68-59-23-10-8-20-53(59)57-41-51(35-38-61(57)68)66(50-34-37-60-56(40-50)52-19-7-9-22-58(52)67(60)46-15-3-1-4-16-46)48-30-25-42(26-31-48)44-27-36-54-55-21-11-13-43-14-12-24-62(64(43)55)69(63(54)39-44)47-17-5-2-6-18-47/h1-41H. The van der Waals surface area contributed by atoms with Crippen molar-refractivity contribution in [2.24, 2.45) is 0 Å². The van der Waals surface area contributed by atoms with E-state index in [2.05, 4.69) is 243 Å². The van der Waals surface area contributed by atoms with Gasteiger partial charge in [-0.2, -0.15) is 0 Å². The Morgan fingerprint density at radius 2 is 0.841 bits per heavy atom. The van der Waals surface area contributed by atoms with E-state index in [1.807, 2.05) is 12.1 Å². The molecule has 5 heteroatoms. The maximum Gasteiger partial charge on any atom is 0.123 e. The molecule has 0 bridgehead atoms. The zero-order valence-electron chi connectivity index (χ0n) is 37.3. The van der Waals surface area contributed by atoms with Crippen molar-refractivity contribution in [3.63, 3.8) is 0 Å². The lowest BCUT2D eigenvalue weighted by Crippen LogP contribution is -2.15. The summed E-state index contributed by atoms with van der Waals surface area (Å²) in [6.45, 7) is 0. The molecule has 0 amide bonds. The highest BCUT2D eigenvalue weighted by Crippen LogP contribution is 2.52. The van der Waals surface area contributed by atoms with Gasteiger partial charge in [0.15, 0.2) is 0 Å². The Hall–Kier alpha value is -9.19. The molecule has 324 valence electrons. The number of rotatable bonds is 7. The molecular formula is C64H41FN4. The van der Waals surface area contributed by atoms with Crippen molar-refractivity contribution in [2.75, 3.05) is 9.80 Å². The Kier molecular flexibility index (Phi) is 8.73. The van der Waals surface area contributed by atoms with E-state index in [4.69, 9.17) is 0 Å². The van der Waals surface area contributed by atoms with Crippen molar-refractivity contribution in [3.05, 3.63) is 255 Å². The minimum atomic E-state index is -0.253. The quantitative estimate of drug-likeness (QED) is 0.159. The van der Waals surface area contributed by atoms with Crippen LogP contribution in [-0.2, 0) is 0 Å². The number of nitrogens with zero attached hydrogens (tertiary/aromatic N) is 4. The third-order valence-corrected chi connectivity index (χ3v) is 14.1. The maximum absolute atomic E-state index is 14.2. The number of anilines is 6. The molecule has 0 fully saturated rings. The third kappa shape index (κ3) is 6.14. The van der Waals surface area contributed by atoms with Crippen LogP contribution in [0.15, 0.2) is 249 Å². The Morgan fingerprint density at radius 3 is 1.48 bits per heavy atom. The van der Waals surface area contributed by atoms with Crippen LogP contribution in [0.5, 0.6) is 0 Å². The Balaban J connectivity index is 0.939. The molecule has 11 aromatic carbocycles. The second kappa shape index (κ2) is 15.4. The molecule has 4 nitrogen and oxygen atoms in total. The first-order valence-corrected chi connectivity index (χ1v) is 23.4. The Bertz CT molecular complexity index is 4130. The van der Waals surface area contributed by atoms with E-state index >= 15 is 0 Å². The zero-order chi connectivity index (χ0) is 45.6. The maximum atomic E-state index is 14.2. The molecule has 13 aromatic rings. The molecule has 69 heavy (non-hydrogen) atoms. The minimum absolute atomic E-state index is 0.253. The number of aromatic nitrogens is 2. The monoisotopic (exact) mass is 884 g/mol. The Labute approximate surface area is 398 Å². The molecule has 14 rings (SSSR count). The van der Waals surface area contributed by atoms with E-state index in [9.17, 15) is 4.39 Å². The largest absolute Gasteiger partial charge is 0.310 e. The van der Waals surface area contributed by atoms with Crippen molar-refractivity contribution < 1.29 is 4.39 Å². The van der Waals surface area contributed by atoms with Crippen LogP contribution in [0.2, 0.25) is 0 Å². The van der Waals surface area contributed by atoms with E-state index in [1.54, 1.807) is 0 Å². The molecular weight excluding hydrogens is 844 g/mol. The second-order valence-corrected chi connectivity index (χ2v) is 17.9. The first-order chi connectivity index (χ1) is 34.1. The van der Waals surface area contributed by atoms with Crippen LogP contribution in [0.25, 0.3) is 88.0 Å². The summed E-state index contributed by atoms with van der Waals surface area (Å²) < 4.78 is 18.8. The van der Waals surface area contributed by atoms with Gasteiger partial charge >= 0.3 is 0 Å². The van der Waals surface area contributed by atoms with Crippen LogP contribution in [0, 0.1) is 5.82 Å². The molecule has 1 aliphatic heterocycles. The number of benzene rings is 11. The third-order valence-electron chi connectivity index (χ3n) is 14.1. The highest BCUT2D eigenvalue weighted by Gasteiger charge is 2.27. The van der Waals surface area contributed by atoms with Crippen molar-refractivity contribution in [2.45, 2.75) is 0 Å². The summed E-state index contributed by atoms with van der Waals surface area (Å²) in [6, 6.07) is 88.0. The first-order valence-electron chi connectivity index (χ1n) is 23.4. The number of para-hydroxylation sites is 4. The molecule has 0 saturated carbocycles. The molecule has 0 atom stereocenters. The predicted molar refractivity (Wildman–Crippen MR) is 286 cm³/mol. The lowest BCUT2D eigenvalue weighted by atomic mass is 9.89. The SMILES string of the molecule is Fc1ccc(-n2c3ccccc3c3cc(N(c4ccc(-c5ccc6c(c5)N(c5ccccc5)c5cccc7cccc-6c57)cc4)c4ccc5c(c4)c4ccccc4n5-c4ccccc4)ccc32)cc1. The van der Waals surface area contributed by atoms with Gasteiger partial charge in [-0.1, -0.05) is 127 Å². The molecule has 3 heterocycles. The number of fused-ring (bicyclic) bond motifs is 8. The summed E-state index contributed by atoms with van der Waals surface area (Å²) in [5.41, 5.74) is 17.8. The van der Waals surface area contributed by atoms with E-state index < -0.39 is 0 Å². The van der Waals surface area contributed by atoms with Crippen molar-refractivity contribution in [1.29, 1.82) is 0 Å². The van der Waals surface area contributed by atoms with Gasteiger partial charge in [0.1, 0.15) is 5.82 Å². The fourth-order valence-corrected chi connectivity index (χ4v) is 11.0. The van der Waals surface area contributed by atoms with E-state index in [0.717, 1.165) is 83.8 Å². The normalized spacial score (nSPS) is 12.1. The Morgan fingerprint density at radius 1 is 0.319 bits per heavy atom. The molecule has 1 aliphatic rings. The van der Waals surface area contributed by atoms with Crippen LogP contribution < -0.4 is 9.80 Å². The van der Waals surface area contributed by atoms with Crippen molar-refractivity contribution in [3.8, 4) is 33.6 Å². The predicted octanol–water partition coefficient (Wildman–Crippen LogP) is 17.8. The molecule has 0 aliphatic carbocycles. The summed E-state index contributed by atoms with van der Waals surface area (Å²) in [5.74, 6) is -0.253. The highest BCUT2D eigenvalue weighted by atomic mass is 19.1. The van der Waals surface area contributed by atoms with Gasteiger partial charge in [0.05, 0.1) is 33.4 Å². The average Bonchev–Trinajstić information content (AvgIpc) is 3.92. The molecule has 0 unspecified atom stereocenters. The summed E-state index contributed by atoms with van der Waals surface area (Å²) in [7, 11) is 0. The number of hydrogen-bond acceptors (Lipinski definition) is 2.